The van der Waals surface area contributed by atoms with Crippen LogP contribution < -0.4 is 4.74 Å². The zero-order valence-corrected chi connectivity index (χ0v) is 19.4. The summed E-state index contributed by atoms with van der Waals surface area (Å²) >= 11 is 0. The van der Waals surface area contributed by atoms with Gasteiger partial charge >= 0.3 is 0 Å². The number of amides is 1. The maximum atomic E-state index is 13.2. The first-order valence-electron chi connectivity index (χ1n) is 11.2. The van der Waals surface area contributed by atoms with Gasteiger partial charge in [-0.3, -0.25) is 14.4 Å². The van der Waals surface area contributed by atoms with Crippen molar-refractivity contribution < 1.29 is 9.53 Å². The number of carbonyl (C=O) groups is 1. The lowest BCUT2D eigenvalue weighted by Gasteiger charge is -2.34. The van der Waals surface area contributed by atoms with E-state index in [0.717, 1.165) is 62.1 Å². The molecule has 170 valence electrons. The molecule has 4 rings (SSSR count). The van der Waals surface area contributed by atoms with Crippen LogP contribution in [0.25, 0.3) is 11.3 Å². The number of aromatic nitrogens is 4. The molecule has 1 aliphatic heterocycles. The molecule has 0 bridgehead atoms. The van der Waals surface area contributed by atoms with E-state index in [2.05, 4.69) is 39.6 Å². The summed E-state index contributed by atoms with van der Waals surface area (Å²) in [6.45, 7) is 9.39. The second-order valence-corrected chi connectivity index (χ2v) is 8.51. The fourth-order valence-corrected chi connectivity index (χ4v) is 4.25. The van der Waals surface area contributed by atoms with Crippen molar-refractivity contribution in [2.24, 2.45) is 7.05 Å². The molecule has 8 nitrogen and oxygen atoms in total. The van der Waals surface area contributed by atoms with Crippen molar-refractivity contribution in [3.05, 3.63) is 54.2 Å². The maximum absolute atomic E-state index is 13.2. The topological polar surface area (TPSA) is 68.4 Å². The summed E-state index contributed by atoms with van der Waals surface area (Å²) in [7, 11) is 3.46. The fraction of sp³-hybridized carbons (Fsp3) is 0.458. The predicted molar refractivity (Wildman–Crippen MR) is 124 cm³/mol. The Morgan fingerprint density at radius 2 is 1.88 bits per heavy atom. The molecule has 1 fully saturated rings. The van der Waals surface area contributed by atoms with E-state index in [1.165, 1.54) is 0 Å². The third-order valence-corrected chi connectivity index (χ3v) is 6.06. The number of para-hydroxylation sites is 1. The molecular formula is C24H32N6O2. The van der Waals surface area contributed by atoms with Gasteiger partial charge in [-0.2, -0.15) is 5.10 Å². The monoisotopic (exact) mass is 436 g/mol. The van der Waals surface area contributed by atoms with Crippen LogP contribution in [0.5, 0.6) is 5.75 Å². The van der Waals surface area contributed by atoms with Crippen molar-refractivity contribution in [1.29, 1.82) is 0 Å². The van der Waals surface area contributed by atoms with Crippen molar-refractivity contribution in [2.75, 3.05) is 39.8 Å². The first kappa shape index (κ1) is 22.1. The van der Waals surface area contributed by atoms with Gasteiger partial charge < -0.3 is 14.2 Å². The summed E-state index contributed by atoms with van der Waals surface area (Å²) in [4.78, 5) is 22.0. The number of ether oxygens (including phenoxy) is 1. The highest BCUT2D eigenvalue weighted by Crippen LogP contribution is 2.29. The minimum absolute atomic E-state index is 0.0255. The number of hydrogen-bond donors (Lipinski definition) is 0. The molecule has 0 N–H and O–H groups in total. The summed E-state index contributed by atoms with van der Waals surface area (Å²) in [5, 5.41) is 4.57. The first-order valence-corrected chi connectivity index (χ1v) is 11.2. The van der Waals surface area contributed by atoms with Gasteiger partial charge in [0.2, 0.25) is 0 Å². The van der Waals surface area contributed by atoms with Crippen molar-refractivity contribution in [3.63, 3.8) is 0 Å². The van der Waals surface area contributed by atoms with E-state index in [9.17, 15) is 4.79 Å². The van der Waals surface area contributed by atoms with E-state index in [0.29, 0.717) is 11.6 Å². The number of imidazole rings is 1. The maximum Gasteiger partial charge on any atom is 0.272 e. The highest BCUT2D eigenvalue weighted by Gasteiger charge is 2.25. The zero-order valence-electron chi connectivity index (χ0n) is 19.4. The lowest BCUT2D eigenvalue weighted by Crippen LogP contribution is -2.49. The number of aryl methyl sites for hydroxylation is 1. The number of hydrogen-bond acceptors (Lipinski definition) is 5. The molecule has 3 heterocycles. The Morgan fingerprint density at radius 3 is 2.59 bits per heavy atom. The van der Waals surface area contributed by atoms with E-state index in [1.54, 1.807) is 11.8 Å². The van der Waals surface area contributed by atoms with Gasteiger partial charge in [-0.25, -0.2) is 4.98 Å². The average Bonchev–Trinajstić information content (AvgIpc) is 3.44. The fourth-order valence-electron chi connectivity index (χ4n) is 4.25. The second-order valence-electron chi connectivity index (χ2n) is 8.51. The molecule has 0 aliphatic carbocycles. The van der Waals surface area contributed by atoms with Crippen molar-refractivity contribution in [1.82, 2.24) is 29.1 Å². The Morgan fingerprint density at radius 1 is 1.12 bits per heavy atom. The Balaban J connectivity index is 1.36. The van der Waals surface area contributed by atoms with E-state index < -0.39 is 0 Å². The Hall–Kier alpha value is -3.13. The van der Waals surface area contributed by atoms with Crippen LogP contribution in [0.2, 0.25) is 0 Å². The zero-order chi connectivity index (χ0) is 22.7. The summed E-state index contributed by atoms with van der Waals surface area (Å²) in [6.07, 6.45) is 3.93. The minimum Gasteiger partial charge on any atom is -0.496 e. The van der Waals surface area contributed by atoms with Crippen LogP contribution in [0.4, 0.5) is 0 Å². The summed E-state index contributed by atoms with van der Waals surface area (Å²) in [5.41, 5.74) is 2.22. The molecular weight excluding hydrogens is 404 g/mol. The van der Waals surface area contributed by atoms with Crippen LogP contribution >= 0.6 is 0 Å². The molecule has 32 heavy (non-hydrogen) atoms. The van der Waals surface area contributed by atoms with Gasteiger partial charge in [0, 0.05) is 70.2 Å². The number of piperazine rings is 1. The molecule has 1 aromatic carbocycles. The van der Waals surface area contributed by atoms with Crippen molar-refractivity contribution >= 4 is 5.91 Å². The van der Waals surface area contributed by atoms with Crippen LogP contribution in [0.3, 0.4) is 0 Å². The first-order chi connectivity index (χ1) is 15.5. The van der Waals surface area contributed by atoms with Gasteiger partial charge in [-0.05, 0) is 18.2 Å². The van der Waals surface area contributed by atoms with Crippen LogP contribution in [0.15, 0.2) is 42.7 Å². The Labute approximate surface area is 189 Å². The van der Waals surface area contributed by atoms with Crippen molar-refractivity contribution in [2.45, 2.75) is 26.3 Å². The third-order valence-electron chi connectivity index (χ3n) is 6.06. The third kappa shape index (κ3) is 4.55. The van der Waals surface area contributed by atoms with E-state index in [4.69, 9.17) is 4.74 Å². The molecule has 1 saturated heterocycles. The van der Waals surface area contributed by atoms with Crippen LogP contribution in [-0.4, -0.2) is 74.9 Å². The van der Waals surface area contributed by atoms with Gasteiger partial charge in [0.25, 0.3) is 5.91 Å². The van der Waals surface area contributed by atoms with E-state index >= 15 is 0 Å². The molecule has 2 aromatic heterocycles. The molecule has 0 radical (unpaired) electrons. The van der Waals surface area contributed by atoms with Crippen LogP contribution in [0.1, 0.15) is 36.1 Å². The number of methoxy groups -OCH3 is 1. The van der Waals surface area contributed by atoms with Crippen LogP contribution in [0, 0.1) is 0 Å². The number of nitrogens with zero attached hydrogens (tertiary/aromatic N) is 6. The number of carbonyl (C=O) groups excluding carboxylic acids is 1. The number of benzene rings is 1. The van der Waals surface area contributed by atoms with E-state index in [-0.39, 0.29) is 5.91 Å². The molecule has 1 amide bonds. The standard InChI is InChI=1S/C24H32N6O2/c1-18(2)23-25-9-10-29(23)14-11-28-12-15-30(16-13-28)24(31)21-17-20(26-27(21)3)19-7-5-6-8-22(19)32-4/h5-10,17-18H,11-16H2,1-4H3. The molecule has 0 spiro atoms. The lowest BCUT2D eigenvalue weighted by molar-refractivity contribution is 0.0622. The molecule has 3 aromatic rings. The average molecular weight is 437 g/mol. The molecule has 0 saturated carbocycles. The smallest absolute Gasteiger partial charge is 0.272 e. The molecule has 8 heteroatoms. The minimum atomic E-state index is 0.0255. The van der Waals surface area contributed by atoms with Crippen LogP contribution in [-0.2, 0) is 13.6 Å². The predicted octanol–water partition coefficient (Wildman–Crippen LogP) is 2.87. The normalized spacial score (nSPS) is 14.8. The van der Waals surface area contributed by atoms with Gasteiger partial charge in [0.05, 0.1) is 12.8 Å². The Bertz CT molecular complexity index is 1060. The molecule has 1 aliphatic rings. The highest BCUT2D eigenvalue weighted by atomic mass is 16.5. The molecule has 0 atom stereocenters. The SMILES string of the molecule is COc1ccccc1-c1cc(C(=O)N2CCN(CCn3ccnc3C(C)C)CC2)n(C)n1. The van der Waals surface area contributed by atoms with Gasteiger partial charge in [-0.1, -0.05) is 26.0 Å². The largest absolute Gasteiger partial charge is 0.496 e. The second kappa shape index (κ2) is 9.56. The summed E-state index contributed by atoms with van der Waals surface area (Å²) < 4.78 is 9.35. The Kier molecular flexibility index (Phi) is 6.60. The van der Waals surface area contributed by atoms with E-state index in [1.807, 2.05) is 48.5 Å². The summed E-state index contributed by atoms with van der Waals surface area (Å²) in [5.74, 6) is 2.31. The highest BCUT2D eigenvalue weighted by molar-refractivity contribution is 5.94. The van der Waals surface area contributed by atoms with Gasteiger partial charge in [0.1, 0.15) is 17.3 Å². The van der Waals surface area contributed by atoms with Gasteiger partial charge in [-0.15, -0.1) is 0 Å². The summed E-state index contributed by atoms with van der Waals surface area (Å²) in [6, 6.07) is 9.59. The lowest BCUT2D eigenvalue weighted by atomic mass is 10.1. The number of rotatable bonds is 7. The quantitative estimate of drug-likeness (QED) is 0.570. The van der Waals surface area contributed by atoms with Gasteiger partial charge in [0.15, 0.2) is 0 Å². The van der Waals surface area contributed by atoms with Crippen molar-refractivity contribution in [3.8, 4) is 17.0 Å². The molecule has 0 unspecified atom stereocenters.